The molecule has 3 aromatic rings. The van der Waals surface area contributed by atoms with E-state index in [2.05, 4.69) is 15.3 Å². The summed E-state index contributed by atoms with van der Waals surface area (Å²) in [4.78, 5) is 22.3. The van der Waals surface area contributed by atoms with Crippen LogP contribution in [0.2, 0.25) is 0 Å². The van der Waals surface area contributed by atoms with Crippen LogP contribution in [0.3, 0.4) is 0 Å². The Morgan fingerprint density at radius 1 is 1.14 bits per heavy atom. The first-order valence-corrected chi connectivity index (χ1v) is 9.48. The summed E-state index contributed by atoms with van der Waals surface area (Å²) >= 11 is 0. The van der Waals surface area contributed by atoms with E-state index >= 15 is 0 Å². The van der Waals surface area contributed by atoms with Gasteiger partial charge in [-0.3, -0.25) is 4.79 Å². The molecule has 1 N–H and O–H groups in total. The van der Waals surface area contributed by atoms with E-state index in [1.807, 2.05) is 38.2 Å². The number of nitrogens with one attached hydrogen (secondary N) is 1. The van der Waals surface area contributed by atoms with Gasteiger partial charge in [0.1, 0.15) is 18.0 Å². The lowest BCUT2D eigenvalue weighted by Gasteiger charge is -2.18. The van der Waals surface area contributed by atoms with Crippen LogP contribution >= 0.6 is 0 Å². The number of carbonyl (C=O) groups excluding carboxylic acids is 1. The SMILES string of the molecule is CCCCC(=O)N(C)Cc1cc(-c2ccc3ncnc(NC)c3c2)ccc1F. The first-order chi connectivity index (χ1) is 13.5. The molecule has 0 saturated heterocycles. The first-order valence-electron chi connectivity index (χ1n) is 9.48. The van der Waals surface area contributed by atoms with Gasteiger partial charge in [-0.25, -0.2) is 14.4 Å². The van der Waals surface area contributed by atoms with Gasteiger partial charge < -0.3 is 10.2 Å². The lowest BCUT2D eigenvalue weighted by Crippen LogP contribution is -2.26. The molecule has 3 rings (SSSR count). The molecule has 146 valence electrons. The molecule has 0 aliphatic heterocycles. The average molecular weight is 380 g/mol. The largest absolute Gasteiger partial charge is 0.373 e. The van der Waals surface area contributed by atoms with E-state index in [0.717, 1.165) is 40.7 Å². The molecule has 1 aromatic heterocycles. The van der Waals surface area contributed by atoms with Crippen LogP contribution in [-0.4, -0.2) is 34.9 Å². The molecule has 0 radical (unpaired) electrons. The lowest BCUT2D eigenvalue weighted by molar-refractivity contribution is -0.130. The van der Waals surface area contributed by atoms with Crippen molar-refractivity contribution in [1.29, 1.82) is 0 Å². The zero-order valence-electron chi connectivity index (χ0n) is 16.5. The Balaban J connectivity index is 1.91. The zero-order chi connectivity index (χ0) is 20.1. The fourth-order valence-corrected chi connectivity index (χ4v) is 3.17. The highest BCUT2D eigenvalue weighted by molar-refractivity contribution is 5.92. The molecule has 28 heavy (non-hydrogen) atoms. The second-order valence-electron chi connectivity index (χ2n) is 6.86. The number of carbonyl (C=O) groups is 1. The summed E-state index contributed by atoms with van der Waals surface area (Å²) in [5.41, 5.74) is 3.17. The molecule has 0 saturated carbocycles. The van der Waals surface area contributed by atoms with Crippen LogP contribution in [0.4, 0.5) is 10.2 Å². The first kappa shape index (κ1) is 19.7. The molecular weight excluding hydrogens is 355 g/mol. The predicted octanol–water partition coefficient (Wildman–Crippen LogP) is 4.63. The smallest absolute Gasteiger partial charge is 0.222 e. The van der Waals surface area contributed by atoms with E-state index in [4.69, 9.17) is 0 Å². The summed E-state index contributed by atoms with van der Waals surface area (Å²) in [6.45, 7) is 2.30. The fraction of sp³-hybridized carbons (Fsp3) is 0.318. The minimum atomic E-state index is -0.307. The summed E-state index contributed by atoms with van der Waals surface area (Å²) in [5.74, 6) is 0.475. The van der Waals surface area contributed by atoms with Gasteiger partial charge in [0.2, 0.25) is 5.91 Å². The fourth-order valence-electron chi connectivity index (χ4n) is 3.17. The monoisotopic (exact) mass is 380 g/mol. The van der Waals surface area contributed by atoms with Gasteiger partial charge in [0.25, 0.3) is 0 Å². The van der Waals surface area contributed by atoms with Crippen molar-refractivity contribution in [3.8, 4) is 11.1 Å². The topological polar surface area (TPSA) is 58.1 Å². The van der Waals surface area contributed by atoms with Crippen LogP contribution in [0.1, 0.15) is 31.7 Å². The van der Waals surface area contributed by atoms with Crippen LogP contribution in [0.25, 0.3) is 22.0 Å². The molecule has 6 heteroatoms. The molecule has 0 fully saturated rings. The van der Waals surface area contributed by atoms with Gasteiger partial charge in [0.05, 0.1) is 5.52 Å². The van der Waals surface area contributed by atoms with Gasteiger partial charge in [-0.05, 0) is 41.8 Å². The van der Waals surface area contributed by atoms with E-state index < -0.39 is 0 Å². The molecule has 5 nitrogen and oxygen atoms in total. The molecular formula is C22H25FN4O. The summed E-state index contributed by atoms with van der Waals surface area (Å²) in [6.07, 6.45) is 3.82. The number of amides is 1. The Hall–Kier alpha value is -3.02. The summed E-state index contributed by atoms with van der Waals surface area (Å²) in [5, 5.41) is 3.97. The van der Waals surface area contributed by atoms with Crippen molar-refractivity contribution in [3.05, 3.63) is 54.1 Å². The van der Waals surface area contributed by atoms with Crippen molar-refractivity contribution in [2.24, 2.45) is 0 Å². The van der Waals surface area contributed by atoms with Gasteiger partial charge >= 0.3 is 0 Å². The number of rotatable bonds is 7. The summed E-state index contributed by atoms with van der Waals surface area (Å²) < 4.78 is 14.4. The van der Waals surface area contributed by atoms with Crippen LogP contribution in [-0.2, 0) is 11.3 Å². The number of benzene rings is 2. The summed E-state index contributed by atoms with van der Waals surface area (Å²) in [6, 6.07) is 10.9. The van der Waals surface area contributed by atoms with Crippen LogP contribution < -0.4 is 5.32 Å². The van der Waals surface area contributed by atoms with E-state index in [0.29, 0.717) is 12.0 Å². The van der Waals surface area contributed by atoms with E-state index in [1.165, 1.54) is 12.4 Å². The Morgan fingerprint density at radius 2 is 1.89 bits per heavy atom. The number of anilines is 1. The predicted molar refractivity (Wildman–Crippen MR) is 110 cm³/mol. The number of fused-ring (bicyclic) bond motifs is 1. The maximum absolute atomic E-state index is 14.4. The third-order valence-electron chi connectivity index (χ3n) is 4.83. The van der Waals surface area contributed by atoms with Crippen molar-refractivity contribution < 1.29 is 9.18 Å². The maximum atomic E-state index is 14.4. The van der Waals surface area contributed by atoms with Gasteiger partial charge in [0, 0.05) is 38.0 Å². The molecule has 0 aliphatic carbocycles. The highest BCUT2D eigenvalue weighted by Crippen LogP contribution is 2.28. The minimum absolute atomic E-state index is 0.0353. The van der Waals surface area contributed by atoms with Crippen LogP contribution in [0, 0.1) is 5.82 Å². The number of nitrogens with zero attached hydrogens (tertiary/aromatic N) is 3. The third kappa shape index (κ3) is 4.27. The quantitative estimate of drug-likeness (QED) is 0.649. The van der Waals surface area contributed by atoms with Gasteiger partial charge in [0.15, 0.2) is 0 Å². The Labute approximate surface area is 164 Å². The van der Waals surface area contributed by atoms with E-state index in [9.17, 15) is 9.18 Å². The number of aromatic nitrogens is 2. The van der Waals surface area contributed by atoms with Crippen LogP contribution in [0.15, 0.2) is 42.7 Å². The van der Waals surface area contributed by atoms with Gasteiger partial charge in [-0.15, -0.1) is 0 Å². The summed E-state index contributed by atoms with van der Waals surface area (Å²) in [7, 11) is 3.53. The van der Waals surface area contributed by atoms with Crippen molar-refractivity contribution in [3.63, 3.8) is 0 Å². The Kier molecular flexibility index (Phi) is 6.19. The number of halogens is 1. The Morgan fingerprint density at radius 3 is 2.64 bits per heavy atom. The average Bonchev–Trinajstić information content (AvgIpc) is 2.72. The highest BCUT2D eigenvalue weighted by atomic mass is 19.1. The number of hydrogen-bond acceptors (Lipinski definition) is 4. The Bertz CT molecular complexity index is 989. The van der Waals surface area contributed by atoms with Crippen molar-refractivity contribution >= 4 is 22.6 Å². The van der Waals surface area contributed by atoms with E-state index in [1.54, 1.807) is 18.0 Å². The van der Waals surface area contributed by atoms with Crippen molar-refractivity contribution in [2.45, 2.75) is 32.7 Å². The molecule has 0 unspecified atom stereocenters. The molecule has 0 spiro atoms. The number of hydrogen-bond donors (Lipinski definition) is 1. The molecule has 1 amide bonds. The van der Waals surface area contributed by atoms with Gasteiger partial charge in [-0.1, -0.05) is 25.5 Å². The molecule has 2 aromatic carbocycles. The second-order valence-corrected chi connectivity index (χ2v) is 6.86. The molecule has 1 heterocycles. The van der Waals surface area contributed by atoms with Gasteiger partial charge in [-0.2, -0.15) is 0 Å². The normalized spacial score (nSPS) is 10.9. The van der Waals surface area contributed by atoms with Crippen LogP contribution in [0.5, 0.6) is 0 Å². The minimum Gasteiger partial charge on any atom is -0.373 e. The zero-order valence-corrected chi connectivity index (χ0v) is 16.5. The number of unbranched alkanes of at least 4 members (excludes halogenated alkanes) is 1. The second kappa shape index (κ2) is 8.78. The maximum Gasteiger partial charge on any atom is 0.222 e. The van der Waals surface area contributed by atoms with Crippen molar-refractivity contribution in [2.75, 3.05) is 19.4 Å². The molecule has 0 bridgehead atoms. The standard InChI is InChI=1S/C22H25FN4O/c1-4-5-6-21(28)27(3)13-17-11-15(7-9-19(17)23)16-8-10-20-18(12-16)22(24-2)26-14-25-20/h7-12,14H,4-6,13H2,1-3H3,(H,24,25,26). The molecule has 0 atom stereocenters. The lowest BCUT2D eigenvalue weighted by atomic mass is 10.0. The third-order valence-corrected chi connectivity index (χ3v) is 4.83. The van der Waals surface area contributed by atoms with E-state index in [-0.39, 0.29) is 18.3 Å². The highest BCUT2D eigenvalue weighted by Gasteiger charge is 2.13. The van der Waals surface area contributed by atoms with Crippen molar-refractivity contribution in [1.82, 2.24) is 14.9 Å². The molecule has 0 aliphatic rings.